The van der Waals surface area contributed by atoms with Crippen LogP contribution in [0.1, 0.15) is 28.3 Å². The van der Waals surface area contributed by atoms with Crippen molar-refractivity contribution in [2.24, 2.45) is 0 Å². The van der Waals surface area contributed by atoms with Crippen LogP contribution in [0, 0.1) is 13.8 Å². The van der Waals surface area contributed by atoms with E-state index in [1.807, 2.05) is 35.6 Å². The highest BCUT2D eigenvalue weighted by molar-refractivity contribution is 7.12. The largest absolute Gasteiger partial charge is 0.497 e. The van der Waals surface area contributed by atoms with Crippen LogP contribution in [0.2, 0.25) is 0 Å². The zero-order valence-electron chi connectivity index (χ0n) is 13.1. The molecule has 1 unspecified atom stereocenters. The molecule has 1 aromatic heterocycles. The van der Waals surface area contributed by atoms with Crippen LogP contribution in [-0.4, -0.2) is 20.3 Å². The van der Waals surface area contributed by atoms with E-state index >= 15 is 0 Å². The average Bonchev–Trinajstić information content (AvgIpc) is 2.83. The number of rotatable bonds is 7. The van der Waals surface area contributed by atoms with Crippen molar-refractivity contribution < 1.29 is 9.47 Å². The fraction of sp³-hybridized carbons (Fsp3) is 0.412. The number of thiophene rings is 1. The van der Waals surface area contributed by atoms with E-state index in [1.165, 1.54) is 15.3 Å². The minimum absolute atomic E-state index is 0.356. The van der Waals surface area contributed by atoms with Crippen LogP contribution in [0.15, 0.2) is 30.3 Å². The van der Waals surface area contributed by atoms with Crippen LogP contribution in [0.5, 0.6) is 11.5 Å². The Labute approximate surface area is 130 Å². The number of benzene rings is 1. The molecular weight excluding hydrogens is 282 g/mol. The summed E-state index contributed by atoms with van der Waals surface area (Å²) in [5, 5.41) is 3.50. The summed E-state index contributed by atoms with van der Waals surface area (Å²) in [4.78, 5) is 2.76. The van der Waals surface area contributed by atoms with E-state index in [4.69, 9.17) is 9.47 Å². The van der Waals surface area contributed by atoms with Gasteiger partial charge in [0, 0.05) is 22.3 Å². The molecule has 1 atom stereocenters. The lowest BCUT2D eigenvalue weighted by atomic mass is 10.1. The highest BCUT2D eigenvalue weighted by atomic mass is 32.1. The van der Waals surface area contributed by atoms with Crippen LogP contribution >= 0.6 is 11.3 Å². The lowest BCUT2D eigenvalue weighted by molar-refractivity contribution is 0.307. The molecule has 21 heavy (non-hydrogen) atoms. The molecular formula is C17H23NO2S. The van der Waals surface area contributed by atoms with Crippen molar-refractivity contribution in [3.05, 3.63) is 45.6 Å². The molecule has 1 aromatic carbocycles. The molecule has 0 amide bonds. The Morgan fingerprint density at radius 3 is 2.38 bits per heavy atom. The number of aryl methyl sites for hydroxylation is 2. The number of ether oxygens (including phenoxy) is 2. The van der Waals surface area contributed by atoms with Gasteiger partial charge in [0.15, 0.2) is 0 Å². The molecule has 0 saturated heterocycles. The quantitative estimate of drug-likeness (QED) is 0.781. The number of nitrogens with one attached hydrogen (secondary N) is 1. The molecule has 0 radical (unpaired) electrons. The Morgan fingerprint density at radius 1 is 1.14 bits per heavy atom. The Bertz CT molecular complexity index is 563. The van der Waals surface area contributed by atoms with Crippen molar-refractivity contribution in [1.82, 2.24) is 5.32 Å². The first-order valence-corrected chi connectivity index (χ1v) is 7.99. The molecule has 1 heterocycles. The van der Waals surface area contributed by atoms with Gasteiger partial charge in [-0.3, -0.25) is 0 Å². The van der Waals surface area contributed by atoms with Crippen molar-refractivity contribution in [2.45, 2.75) is 26.8 Å². The summed E-state index contributed by atoms with van der Waals surface area (Å²) >= 11 is 1.85. The van der Waals surface area contributed by atoms with Crippen molar-refractivity contribution in [1.29, 1.82) is 0 Å². The zero-order chi connectivity index (χ0) is 15.2. The third-order valence-corrected chi connectivity index (χ3v) is 4.41. The highest BCUT2D eigenvalue weighted by Gasteiger charge is 2.10. The van der Waals surface area contributed by atoms with Crippen molar-refractivity contribution in [3.63, 3.8) is 0 Å². The zero-order valence-corrected chi connectivity index (χ0v) is 13.9. The van der Waals surface area contributed by atoms with Crippen molar-refractivity contribution in [3.8, 4) is 11.5 Å². The summed E-state index contributed by atoms with van der Waals surface area (Å²) in [6, 6.07) is 10.3. The smallest absolute Gasteiger partial charge is 0.119 e. The molecule has 0 aliphatic carbocycles. The molecule has 4 heteroatoms. The lowest BCUT2D eigenvalue weighted by Gasteiger charge is -2.14. The first-order valence-electron chi connectivity index (χ1n) is 7.17. The SMILES string of the molecule is COc1ccc(OCCNC(C)c2cc(C)sc2C)cc1. The Balaban J connectivity index is 1.75. The minimum atomic E-state index is 0.356. The molecule has 2 rings (SSSR count). The van der Waals surface area contributed by atoms with Gasteiger partial charge in [-0.05, 0) is 56.7 Å². The van der Waals surface area contributed by atoms with Gasteiger partial charge in [-0.25, -0.2) is 0 Å². The molecule has 0 fully saturated rings. The average molecular weight is 305 g/mol. The van der Waals surface area contributed by atoms with E-state index in [-0.39, 0.29) is 0 Å². The molecule has 0 spiro atoms. The van der Waals surface area contributed by atoms with Gasteiger partial charge in [-0.2, -0.15) is 0 Å². The molecule has 0 bridgehead atoms. The summed E-state index contributed by atoms with van der Waals surface area (Å²) in [7, 11) is 1.66. The lowest BCUT2D eigenvalue weighted by Crippen LogP contribution is -2.24. The van der Waals surface area contributed by atoms with Crippen molar-refractivity contribution >= 4 is 11.3 Å². The van der Waals surface area contributed by atoms with Crippen LogP contribution in [0.3, 0.4) is 0 Å². The summed E-state index contributed by atoms with van der Waals surface area (Å²) in [5.41, 5.74) is 1.39. The van der Waals surface area contributed by atoms with E-state index in [0.29, 0.717) is 12.6 Å². The fourth-order valence-corrected chi connectivity index (χ4v) is 3.33. The summed E-state index contributed by atoms with van der Waals surface area (Å²) in [6.07, 6.45) is 0. The number of methoxy groups -OCH3 is 1. The maximum Gasteiger partial charge on any atom is 0.119 e. The molecule has 114 valence electrons. The molecule has 2 aromatic rings. The normalized spacial score (nSPS) is 12.2. The van der Waals surface area contributed by atoms with Gasteiger partial charge in [0.2, 0.25) is 0 Å². The monoisotopic (exact) mass is 305 g/mol. The Hall–Kier alpha value is -1.52. The van der Waals surface area contributed by atoms with Crippen LogP contribution in [0.25, 0.3) is 0 Å². The molecule has 0 aliphatic heterocycles. The van der Waals surface area contributed by atoms with Gasteiger partial charge < -0.3 is 14.8 Å². The van der Waals surface area contributed by atoms with Crippen LogP contribution < -0.4 is 14.8 Å². The summed E-state index contributed by atoms with van der Waals surface area (Å²) in [5.74, 6) is 1.71. The Kier molecular flexibility index (Phi) is 5.65. The minimum Gasteiger partial charge on any atom is -0.497 e. The highest BCUT2D eigenvalue weighted by Crippen LogP contribution is 2.25. The van der Waals surface area contributed by atoms with E-state index in [1.54, 1.807) is 7.11 Å². The maximum atomic E-state index is 5.71. The van der Waals surface area contributed by atoms with Gasteiger partial charge in [-0.1, -0.05) is 0 Å². The third kappa shape index (κ3) is 4.48. The second-order valence-corrected chi connectivity index (χ2v) is 6.53. The molecule has 1 N–H and O–H groups in total. The Morgan fingerprint density at radius 2 is 1.81 bits per heavy atom. The topological polar surface area (TPSA) is 30.5 Å². The second kappa shape index (κ2) is 7.48. The molecule has 0 aliphatic rings. The summed E-state index contributed by atoms with van der Waals surface area (Å²) in [6.45, 7) is 8.00. The molecule has 3 nitrogen and oxygen atoms in total. The first-order chi connectivity index (χ1) is 10.1. The van der Waals surface area contributed by atoms with Gasteiger partial charge in [0.05, 0.1) is 7.11 Å². The maximum absolute atomic E-state index is 5.71. The fourth-order valence-electron chi connectivity index (χ4n) is 2.31. The van der Waals surface area contributed by atoms with Gasteiger partial charge in [0.25, 0.3) is 0 Å². The third-order valence-electron chi connectivity index (χ3n) is 3.43. The van der Waals surface area contributed by atoms with Gasteiger partial charge in [-0.15, -0.1) is 11.3 Å². The van der Waals surface area contributed by atoms with Crippen molar-refractivity contribution in [2.75, 3.05) is 20.3 Å². The van der Waals surface area contributed by atoms with E-state index in [2.05, 4.69) is 32.2 Å². The predicted molar refractivity (Wildman–Crippen MR) is 88.7 cm³/mol. The standard InChI is InChI=1S/C17H23NO2S/c1-12-11-17(14(3)21-12)13(2)18-9-10-20-16-7-5-15(19-4)6-8-16/h5-8,11,13,18H,9-10H2,1-4H3. The predicted octanol–water partition coefficient (Wildman–Crippen LogP) is 4.10. The van der Waals surface area contributed by atoms with E-state index in [0.717, 1.165) is 18.0 Å². The molecule has 0 saturated carbocycles. The van der Waals surface area contributed by atoms with Crippen LogP contribution in [-0.2, 0) is 0 Å². The van der Waals surface area contributed by atoms with E-state index < -0.39 is 0 Å². The number of hydrogen-bond acceptors (Lipinski definition) is 4. The first kappa shape index (κ1) is 15.9. The summed E-state index contributed by atoms with van der Waals surface area (Å²) < 4.78 is 10.8. The van der Waals surface area contributed by atoms with E-state index in [9.17, 15) is 0 Å². The number of hydrogen-bond donors (Lipinski definition) is 1. The van der Waals surface area contributed by atoms with Crippen LogP contribution in [0.4, 0.5) is 0 Å². The van der Waals surface area contributed by atoms with Gasteiger partial charge >= 0.3 is 0 Å². The van der Waals surface area contributed by atoms with Gasteiger partial charge in [0.1, 0.15) is 18.1 Å². The second-order valence-electron chi connectivity index (χ2n) is 5.07.